The minimum Gasteiger partial charge on any atom is -0.482 e. The number of carbonyl (C=O) groups excluding carboxylic acids is 2. The van der Waals surface area contributed by atoms with Crippen molar-refractivity contribution in [3.05, 3.63) is 52.4 Å². The fraction of sp³-hybridized carbons (Fsp3) is 0.143. The number of benzene rings is 1. The number of urea groups is 1. The van der Waals surface area contributed by atoms with Gasteiger partial charge in [0.15, 0.2) is 6.61 Å². The first-order valence-electron chi connectivity index (χ1n) is 6.23. The van der Waals surface area contributed by atoms with Crippen molar-refractivity contribution in [3.8, 4) is 5.75 Å². The summed E-state index contributed by atoms with van der Waals surface area (Å²) in [5.74, 6) is 0.220. The summed E-state index contributed by atoms with van der Waals surface area (Å²) in [7, 11) is 0. The number of furan rings is 1. The van der Waals surface area contributed by atoms with Crippen LogP contribution in [0.4, 0.5) is 4.79 Å². The summed E-state index contributed by atoms with van der Waals surface area (Å²) in [6.07, 6.45) is 1.49. The lowest BCUT2D eigenvalue weighted by Crippen LogP contribution is -2.41. The molecule has 0 radical (unpaired) electrons. The first kappa shape index (κ1) is 16.2. The van der Waals surface area contributed by atoms with Crippen molar-refractivity contribution in [2.75, 3.05) is 6.61 Å². The Bertz CT molecular complexity index is 659. The summed E-state index contributed by atoms with van der Waals surface area (Å²) in [4.78, 5) is 23.1. The van der Waals surface area contributed by atoms with Crippen LogP contribution < -0.4 is 15.4 Å². The summed E-state index contributed by atoms with van der Waals surface area (Å²) in [6.45, 7) is -0.193. The van der Waals surface area contributed by atoms with Crippen LogP contribution >= 0.6 is 23.2 Å². The van der Waals surface area contributed by atoms with Crippen molar-refractivity contribution in [1.29, 1.82) is 0 Å². The van der Waals surface area contributed by atoms with Crippen LogP contribution in [0.1, 0.15) is 5.76 Å². The van der Waals surface area contributed by atoms with Gasteiger partial charge in [-0.3, -0.25) is 10.1 Å². The maximum Gasteiger partial charge on any atom is 0.321 e. The Morgan fingerprint density at radius 3 is 2.73 bits per heavy atom. The number of nitrogens with one attached hydrogen (secondary N) is 2. The minimum absolute atomic E-state index is 0.174. The second-order valence-electron chi connectivity index (χ2n) is 4.15. The van der Waals surface area contributed by atoms with Crippen LogP contribution in [0, 0.1) is 0 Å². The Balaban J connectivity index is 1.75. The van der Waals surface area contributed by atoms with Gasteiger partial charge in [0.05, 0.1) is 17.8 Å². The average molecular weight is 343 g/mol. The zero-order valence-electron chi connectivity index (χ0n) is 11.3. The van der Waals surface area contributed by atoms with Crippen molar-refractivity contribution >= 4 is 35.1 Å². The van der Waals surface area contributed by atoms with Crippen LogP contribution in [0.2, 0.25) is 10.0 Å². The second kappa shape index (κ2) is 7.72. The second-order valence-corrected chi connectivity index (χ2v) is 4.94. The lowest BCUT2D eigenvalue weighted by molar-refractivity contribution is -0.122. The number of hydrogen-bond donors (Lipinski definition) is 2. The van der Waals surface area contributed by atoms with Crippen LogP contribution in [0.15, 0.2) is 41.0 Å². The monoisotopic (exact) mass is 342 g/mol. The molecule has 0 bridgehead atoms. The first-order chi connectivity index (χ1) is 10.6. The Kier molecular flexibility index (Phi) is 5.68. The molecule has 2 aromatic rings. The molecule has 0 aliphatic carbocycles. The van der Waals surface area contributed by atoms with E-state index in [1.165, 1.54) is 6.26 Å². The molecule has 0 spiro atoms. The number of hydrogen-bond acceptors (Lipinski definition) is 4. The molecule has 0 fully saturated rings. The van der Waals surface area contributed by atoms with Gasteiger partial charge >= 0.3 is 6.03 Å². The maximum absolute atomic E-state index is 11.6. The Morgan fingerprint density at radius 1 is 1.18 bits per heavy atom. The van der Waals surface area contributed by atoms with Gasteiger partial charge < -0.3 is 14.5 Å². The van der Waals surface area contributed by atoms with E-state index in [9.17, 15) is 9.59 Å². The Labute approximate surface area is 136 Å². The van der Waals surface area contributed by atoms with E-state index in [0.717, 1.165) is 0 Å². The Hall–Kier alpha value is -2.18. The van der Waals surface area contributed by atoms with Crippen molar-refractivity contribution in [3.63, 3.8) is 0 Å². The number of rotatable bonds is 5. The van der Waals surface area contributed by atoms with E-state index >= 15 is 0 Å². The van der Waals surface area contributed by atoms with E-state index in [2.05, 4.69) is 10.6 Å². The van der Waals surface area contributed by atoms with Crippen molar-refractivity contribution in [2.24, 2.45) is 0 Å². The molecule has 0 unspecified atom stereocenters. The first-order valence-corrected chi connectivity index (χ1v) is 6.98. The minimum atomic E-state index is -0.651. The number of amides is 3. The van der Waals surface area contributed by atoms with Crippen LogP contribution in [0.25, 0.3) is 0 Å². The smallest absolute Gasteiger partial charge is 0.321 e. The molecule has 3 amide bonds. The van der Waals surface area contributed by atoms with Crippen molar-refractivity contribution in [1.82, 2.24) is 10.6 Å². The lowest BCUT2D eigenvalue weighted by atomic mass is 10.3. The van der Waals surface area contributed by atoms with Gasteiger partial charge in [-0.2, -0.15) is 0 Å². The van der Waals surface area contributed by atoms with Crippen molar-refractivity contribution < 1.29 is 18.7 Å². The van der Waals surface area contributed by atoms with Gasteiger partial charge in [-0.15, -0.1) is 0 Å². The van der Waals surface area contributed by atoms with Gasteiger partial charge in [0.25, 0.3) is 5.91 Å². The van der Waals surface area contributed by atoms with E-state index in [4.69, 9.17) is 32.4 Å². The third-order valence-electron chi connectivity index (χ3n) is 2.53. The highest BCUT2D eigenvalue weighted by Gasteiger charge is 2.11. The molecule has 8 heteroatoms. The summed E-state index contributed by atoms with van der Waals surface area (Å²) in [5, 5.41) is 5.11. The fourth-order valence-corrected chi connectivity index (χ4v) is 1.87. The summed E-state index contributed by atoms with van der Waals surface area (Å²) < 4.78 is 10.2. The van der Waals surface area contributed by atoms with Crippen LogP contribution in [-0.2, 0) is 11.3 Å². The van der Waals surface area contributed by atoms with E-state index in [0.29, 0.717) is 10.8 Å². The van der Waals surface area contributed by atoms with Gasteiger partial charge in [0.2, 0.25) is 0 Å². The SMILES string of the molecule is O=C(COc1cccc(Cl)c1Cl)NC(=O)NCc1ccco1. The maximum atomic E-state index is 11.6. The van der Waals surface area contributed by atoms with E-state index in [1.54, 1.807) is 30.3 Å². The zero-order chi connectivity index (χ0) is 15.9. The molecule has 1 aromatic carbocycles. The van der Waals surface area contributed by atoms with Gasteiger partial charge in [-0.05, 0) is 24.3 Å². The predicted octanol–water partition coefficient (Wildman–Crippen LogP) is 2.99. The van der Waals surface area contributed by atoms with Gasteiger partial charge in [-0.25, -0.2) is 4.79 Å². The number of imide groups is 1. The van der Waals surface area contributed by atoms with E-state index in [-0.39, 0.29) is 23.9 Å². The molecule has 0 atom stereocenters. The zero-order valence-corrected chi connectivity index (χ0v) is 12.8. The van der Waals surface area contributed by atoms with Crippen molar-refractivity contribution in [2.45, 2.75) is 6.54 Å². The molecule has 6 nitrogen and oxygen atoms in total. The molecule has 2 N–H and O–H groups in total. The highest BCUT2D eigenvalue weighted by molar-refractivity contribution is 6.42. The van der Waals surface area contributed by atoms with Crippen LogP contribution in [0.5, 0.6) is 5.75 Å². The number of ether oxygens (including phenoxy) is 1. The molecule has 116 valence electrons. The molecular weight excluding hydrogens is 331 g/mol. The predicted molar refractivity (Wildman–Crippen MR) is 81.0 cm³/mol. The largest absolute Gasteiger partial charge is 0.482 e. The molecule has 0 saturated carbocycles. The summed E-state index contributed by atoms with van der Waals surface area (Å²) in [5.41, 5.74) is 0. The Morgan fingerprint density at radius 2 is 2.00 bits per heavy atom. The molecule has 0 aliphatic heterocycles. The van der Waals surface area contributed by atoms with E-state index < -0.39 is 11.9 Å². The molecule has 0 saturated heterocycles. The highest BCUT2D eigenvalue weighted by Crippen LogP contribution is 2.31. The fourth-order valence-electron chi connectivity index (χ4n) is 1.53. The summed E-state index contributed by atoms with van der Waals surface area (Å²) >= 11 is 11.7. The molecule has 1 aromatic heterocycles. The third kappa shape index (κ3) is 4.68. The highest BCUT2D eigenvalue weighted by atomic mass is 35.5. The van der Waals surface area contributed by atoms with Crippen LogP contribution in [-0.4, -0.2) is 18.5 Å². The standard InChI is InChI=1S/C14H12Cl2N2O4/c15-10-4-1-5-11(13(10)16)22-8-12(19)18-14(20)17-7-9-3-2-6-21-9/h1-6H,7-8H2,(H2,17,18,19,20). The molecular formula is C14H12Cl2N2O4. The number of carbonyl (C=O) groups is 2. The van der Waals surface area contributed by atoms with Crippen LogP contribution in [0.3, 0.4) is 0 Å². The van der Waals surface area contributed by atoms with Gasteiger partial charge in [0.1, 0.15) is 16.5 Å². The quantitative estimate of drug-likeness (QED) is 0.875. The molecule has 0 aliphatic rings. The summed E-state index contributed by atoms with van der Waals surface area (Å²) in [6, 6.07) is 7.55. The third-order valence-corrected chi connectivity index (χ3v) is 3.33. The molecule has 2 rings (SSSR count). The molecule has 1 heterocycles. The van der Waals surface area contributed by atoms with E-state index in [1.807, 2.05) is 0 Å². The normalized spacial score (nSPS) is 10.1. The molecule has 22 heavy (non-hydrogen) atoms. The average Bonchev–Trinajstić information content (AvgIpc) is 3.00. The number of halogens is 2. The van der Waals surface area contributed by atoms with Gasteiger partial charge in [0, 0.05) is 0 Å². The van der Waals surface area contributed by atoms with Gasteiger partial charge in [-0.1, -0.05) is 29.3 Å². The topological polar surface area (TPSA) is 80.6 Å². The lowest BCUT2D eigenvalue weighted by Gasteiger charge is -2.09.